The minimum atomic E-state index is -0.596. The Balaban J connectivity index is 3.26. The SMILES string of the molecule is COc1cc(C)c(C)cc1N(C)C(=O)C=O. The Morgan fingerprint density at radius 3 is 2.38 bits per heavy atom. The summed E-state index contributed by atoms with van der Waals surface area (Å²) in [5.41, 5.74) is 2.72. The molecule has 4 heteroatoms. The van der Waals surface area contributed by atoms with Gasteiger partial charge in [0.2, 0.25) is 6.29 Å². The second-order valence-electron chi connectivity index (χ2n) is 3.62. The third kappa shape index (κ3) is 2.21. The summed E-state index contributed by atoms with van der Waals surface area (Å²) >= 11 is 0. The van der Waals surface area contributed by atoms with Crippen LogP contribution in [-0.4, -0.2) is 26.4 Å². The van der Waals surface area contributed by atoms with Gasteiger partial charge in [-0.25, -0.2) is 0 Å². The van der Waals surface area contributed by atoms with E-state index in [-0.39, 0.29) is 6.29 Å². The van der Waals surface area contributed by atoms with Gasteiger partial charge in [0.1, 0.15) is 5.75 Å². The molecular weight excluding hydrogens is 206 g/mol. The van der Waals surface area contributed by atoms with Crippen molar-refractivity contribution < 1.29 is 14.3 Å². The molecule has 0 heterocycles. The van der Waals surface area contributed by atoms with Crippen LogP contribution in [0.15, 0.2) is 12.1 Å². The number of aldehydes is 1. The number of nitrogens with zero attached hydrogens (tertiary/aromatic N) is 1. The summed E-state index contributed by atoms with van der Waals surface area (Å²) < 4.78 is 5.19. The maximum atomic E-state index is 11.3. The molecule has 0 fully saturated rings. The summed E-state index contributed by atoms with van der Waals surface area (Å²) in [5.74, 6) is -0.0117. The predicted octanol–water partition coefficient (Wildman–Crippen LogP) is 1.47. The lowest BCUT2D eigenvalue weighted by atomic mass is 10.1. The highest BCUT2D eigenvalue weighted by Crippen LogP contribution is 2.30. The Kier molecular flexibility index (Phi) is 3.66. The Bertz CT molecular complexity index is 427. The van der Waals surface area contributed by atoms with E-state index in [4.69, 9.17) is 4.74 Å². The van der Waals surface area contributed by atoms with Crippen LogP contribution in [0.1, 0.15) is 11.1 Å². The van der Waals surface area contributed by atoms with E-state index in [1.807, 2.05) is 26.0 Å². The van der Waals surface area contributed by atoms with Crippen molar-refractivity contribution in [1.29, 1.82) is 0 Å². The number of amides is 1. The minimum Gasteiger partial charge on any atom is -0.495 e. The molecule has 0 aromatic heterocycles. The number of carbonyl (C=O) groups excluding carboxylic acids is 2. The van der Waals surface area contributed by atoms with E-state index >= 15 is 0 Å². The Morgan fingerprint density at radius 1 is 1.31 bits per heavy atom. The molecule has 0 N–H and O–H groups in total. The topological polar surface area (TPSA) is 46.6 Å². The molecule has 0 saturated carbocycles. The lowest BCUT2D eigenvalue weighted by Gasteiger charge is -2.19. The summed E-state index contributed by atoms with van der Waals surface area (Å²) in [6, 6.07) is 3.68. The molecule has 1 amide bonds. The molecule has 0 unspecified atom stereocenters. The summed E-state index contributed by atoms with van der Waals surface area (Å²) in [4.78, 5) is 23.0. The number of rotatable bonds is 3. The van der Waals surface area contributed by atoms with Crippen LogP contribution in [-0.2, 0) is 9.59 Å². The highest BCUT2D eigenvalue weighted by atomic mass is 16.5. The largest absolute Gasteiger partial charge is 0.495 e. The first-order valence-electron chi connectivity index (χ1n) is 4.89. The maximum absolute atomic E-state index is 11.3. The molecule has 16 heavy (non-hydrogen) atoms. The van der Waals surface area contributed by atoms with E-state index in [1.54, 1.807) is 7.05 Å². The van der Waals surface area contributed by atoms with Gasteiger partial charge < -0.3 is 9.64 Å². The van der Waals surface area contributed by atoms with Crippen molar-refractivity contribution in [3.63, 3.8) is 0 Å². The van der Waals surface area contributed by atoms with Crippen LogP contribution >= 0.6 is 0 Å². The second-order valence-corrected chi connectivity index (χ2v) is 3.62. The van der Waals surface area contributed by atoms with E-state index in [1.165, 1.54) is 12.0 Å². The predicted molar refractivity (Wildman–Crippen MR) is 61.9 cm³/mol. The summed E-state index contributed by atoms with van der Waals surface area (Å²) in [6.45, 7) is 3.90. The van der Waals surface area contributed by atoms with Crippen molar-refractivity contribution >= 4 is 17.9 Å². The third-order valence-corrected chi connectivity index (χ3v) is 2.59. The van der Waals surface area contributed by atoms with E-state index in [9.17, 15) is 9.59 Å². The Hall–Kier alpha value is -1.84. The number of hydrogen-bond acceptors (Lipinski definition) is 3. The van der Waals surface area contributed by atoms with Crippen molar-refractivity contribution in [1.82, 2.24) is 0 Å². The van der Waals surface area contributed by atoms with E-state index in [2.05, 4.69) is 0 Å². The summed E-state index contributed by atoms with van der Waals surface area (Å²) in [7, 11) is 3.08. The molecular formula is C12H15NO3. The molecule has 0 aliphatic carbocycles. The lowest BCUT2D eigenvalue weighted by molar-refractivity contribution is -0.129. The number of carbonyl (C=O) groups is 2. The second kappa shape index (κ2) is 4.79. The maximum Gasteiger partial charge on any atom is 0.290 e. The highest BCUT2D eigenvalue weighted by molar-refractivity contribution is 6.30. The molecule has 0 saturated heterocycles. The van der Waals surface area contributed by atoms with Gasteiger partial charge in [-0.2, -0.15) is 0 Å². The number of likely N-dealkylation sites (N-methyl/N-ethyl adjacent to an activating group) is 1. The van der Waals surface area contributed by atoms with E-state index < -0.39 is 5.91 Å². The number of anilines is 1. The van der Waals surface area contributed by atoms with E-state index in [0.29, 0.717) is 11.4 Å². The molecule has 4 nitrogen and oxygen atoms in total. The van der Waals surface area contributed by atoms with Crippen molar-refractivity contribution in [2.24, 2.45) is 0 Å². The fourth-order valence-electron chi connectivity index (χ4n) is 1.40. The highest BCUT2D eigenvalue weighted by Gasteiger charge is 2.15. The van der Waals surface area contributed by atoms with Crippen LogP contribution in [0.2, 0.25) is 0 Å². The van der Waals surface area contributed by atoms with Crippen LogP contribution in [0.3, 0.4) is 0 Å². The summed E-state index contributed by atoms with van der Waals surface area (Å²) in [6.07, 6.45) is 0.286. The number of ether oxygens (including phenoxy) is 1. The molecule has 0 aliphatic heterocycles. The lowest BCUT2D eigenvalue weighted by Crippen LogP contribution is -2.27. The molecule has 1 aromatic rings. The van der Waals surface area contributed by atoms with Gasteiger partial charge in [-0.3, -0.25) is 9.59 Å². The standard InChI is InChI=1S/C12H15NO3/c1-8-5-10(13(3)12(15)7-14)11(16-4)6-9(8)2/h5-7H,1-4H3. The van der Waals surface area contributed by atoms with Gasteiger partial charge in [0.15, 0.2) is 0 Å². The van der Waals surface area contributed by atoms with Gasteiger partial charge in [0.25, 0.3) is 5.91 Å². The minimum absolute atomic E-state index is 0.286. The molecule has 1 rings (SSSR count). The average molecular weight is 221 g/mol. The van der Waals surface area contributed by atoms with Gasteiger partial charge in [0, 0.05) is 7.05 Å². The molecule has 0 aliphatic rings. The monoisotopic (exact) mass is 221 g/mol. The zero-order valence-electron chi connectivity index (χ0n) is 9.90. The van der Waals surface area contributed by atoms with Crippen molar-refractivity contribution in [3.05, 3.63) is 23.3 Å². The normalized spacial score (nSPS) is 9.75. The average Bonchev–Trinajstić information content (AvgIpc) is 2.30. The van der Waals surface area contributed by atoms with E-state index in [0.717, 1.165) is 11.1 Å². The van der Waals surface area contributed by atoms with Gasteiger partial charge in [-0.15, -0.1) is 0 Å². The first kappa shape index (κ1) is 12.2. The third-order valence-electron chi connectivity index (χ3n) is 2.59. The fraction of sp³-hybridized carbons (Fsp3) is 0.333. The van der Waals surface area contributed by atoms with Crippen molar-refractivity contribution in [2.45, 2.75) is 13.8 Å². The van der Waals surface area contributed by atoms with Crippen LogP contribution in [0, 0.1) is 13.8 Å². The molecule has 1 aromatic carbocycles. The molecule has 86 valence electrons. The van der Waals surface area contributed by atoms with Gasteiger partial charge >= 0.3 is 0 Å². The molecule has 0 spiro atoms. The zero-order valence-corrected chi connectivity index (χ0v) is 9.90. The first-order chi connectivity index (χ1) is 7.51. The van der Waals surface area contributed by atoms with Gasteiger partial charge in [-0.05, 0) is 37.1 Å². The van der Waals surface area contributed by atoms with Crippen molar-refractivity contribution in [2.75, 3.05) is 19.1 Å². The Labute approximate surface area is 94.8 Å². The zero-order chi connectivity index (χ0) is 12.3. The van der Waals surface area contributed by atoms with Crippen LogP contribution in [0.4, 0.5) is 5.69 Å². The number of benzene rings is 1. The number of aryl methyl sites for hydroxylation is 2. The quantitative estimate of drug-likeness (QED) is 0.573. The molecule has 0 radical (unpaired) electrons. The fourth-order valence-corrected chi connectivity index (χ4v) is 1.40. The molecule has 0 bridgehead atoms. The Morgan fingerprint density at radius 2 is 1.88 bits per heavy atom. The molecule has 0 atom stereocenters. The smallest absolute Gasteiger partial charge is 0.290 e. The van der Waals surface area contributed by atoms with Crippen LogP contribution < -0.4 is 9.64 Å². The summed E-state index contributed by atoms with van der Waals surface area (Å²) in [5, 5.41) is 0. The van der Waals surface area contributed by atoms with Crippen molar-refractivity contribution in [3.8, 4) is 5.75 Å². The van der Waals surface area contributed by atoms with Crippen LogP contribution in [0.25, 0.3) is 0 Å². The number of hydrogen-bond donors (Lipinski definition) is 0. The number of methoxy groups -OCH3 is 1. The van der Waals surface area contributed by atoms with Gasteiger partial charge in [-0.1, -0.05) is 0 Å². The van der Waals surface area contributed by atoms with Crippen LogP contribution in [0.5, 0.6) is 5.75 Å². The first-order valence-corrected chi connectivity index (χ1v) is 4.89. The van der Waals surface area contributed by atoms with Gasteiger partial charge in [0.05, 0.1) is 12.8 Å².